The standard InChI is InChI=1S/C13H15N3O/c14-13(15-17)12(16-8-4-5-9-16)10-11-6-2-1-3-7-11/h1-9,12,17H,10H2,(H2,14,15)/t12-/m0/s1. The second-order valence-electron chi connectivity index (χ2n) is 3.86. The molecule has 88 valence electrons. The lowest BCUT2D eigenvalue weighted by atomic mass is 10.1. The van der Waals surface area contributed by atoms with Crippen LogP contribution >= 0.6 is 0 Å². The third-order valence-corrected chi connectivity index (χ3v) is 2.72. The first-order valence-corrected chi connectivity index (χ1v) is 5.45. The van der Waals surface area contributed by atoms with Crippen molar-refractivity contribution in [2.45, 2.75) is 12.5 Å². The van der Waals surface area contributed by atoms with Crippen LogP contribution in [0.2, 0.25) is 0 Å². The zero-order valence-electron chi connectivity index (χ0n) is 9.40. The Kier molecular flexibility index (Phi) is 3.45. The topological polar surface area (TPSA) is 63.5 Å². The van der Waals surface area contributed by atoms with Gasteiger partial charge in [-0.1, -0.05) is 35.5 Å². The van der Waals surface area contributed by atoms with Crippen LogP contribution in [-0.4, -0.2) is 15.6 Å². The maximum atomic E-state index is 8.83. The van der Waals surface area contributed by atoms with Gasteiger partial charge in [-0.05, 0) is 17.7 Å². The van der Waals surface area contributed by atoms with Gasteiger partial charge < -0.3 is 15.5 Å². The van der Waals surface area contributed by atoms with E-state index in [4.69, 9.17) is 10.9 Å². The van der Waals surface area contributed by atoms with Crippen molar-refractivity contribution in [1.82, 2.24) is 4.57 Å². The lowest BCUT2D eigenvalue weighted by molar-refractivity contribution is 0.313. The van der Waals surface area contributed by atoms with Gasteiger partial charge in [-0.25, -0.2) is 0 Å². The van der Waals surface area contributed by atoms with Crippen LogP contribution in [0.5, 0.6) is 0 Å². The minimum absolute atomic E-state index is 0.155. The van der Waals surface area contributed by atoms with Gasteiger partial charge in [0, 0.05) is 18.8 Å². The van der Waals surface area contributed by atoms with Crippen LogP contribution < -0.4 is 5.73 Å². The van der Waals surface area contributed by atoms with E-state index in [1.54, 1.807) is 0 Å². The lowest BCUT2D eigenvalue weighted by Crippen LogP contribution is -2.28. The van der Waals surface area contributed by atoms with Crippen molar-refractivity contribution in [3.63, 3.8) is 0 Å². The molecule has 4 nitrogen and oxygen atoms in total. The maximum absolute atomic E-state index is 8.83. The van der Waals surface area contributed by atoms with Gasteiger partial charge in [-0.2, -0.15) is 0 Å². The first kappa shape index (κ1) is 11.3. The summed E-state index contributed by atoms with van der Waals surface area (Å²) in [5.41, 5.74) is 6.89. The molecule has 0 radical (unpaired) electrons. The molecule has 0 aliphatic heterocycles. The molecule has 1 aromatic carbocycles. The Morgan fingerprint density at radius 1 is 1.18 bits per heavy atom. The Hall–Kier alpha value is -2.23. The number of hydrogen-bond acceptors (Lipinski definition) is 2. The van der Waals surface area contributed by atoms with Crippen molar-refractivity contribution in [1.29, 1.82) is 0 Å². The van der Waals surface area contributed by atoms with Crippen molar-refractivity contribution in [2.24, 2.45) is 10.9 Å². The highest BCUT2D eigenvalue weighted by Gasteiger charge is 2.15. The number of aromatic nitrogens is 1. The summed E-state index contributed by atoms with van der Waals surface area (Å²) in [7, 11) is 0. The Labute approximate surface area is 100.0 Å². The van der Waals surface area contributed by atoms with Crippen LogP contribution in [0, 0.1) is 0 Å². The fraction of sp³-hybridized carbons (Fsp3) is 0.154. The third-order valence-electron chi connectivity index (χ3n) is 2.72. The van der Waals surface area contributed by atoms with E-state index in [1.807, 2.05) is 59.4 Å². The molecular formula is C13H15N3O. The van der Waals surface area contributed by atoms with Gasteiger partial charge in [0.25, 0.3) is 0 Å². The highest BCUT2D eigenvalue weighted by Crippen LogP contribution is 2.14. The zero-order chi connectivity index (χ0) is 12.1. The van der Waals surface area contributed by atoms with E-state index in [-0.39, 0.29) is 11.9 Å². The molecule has 0 unspecified atom stereocenters. The number of rotatable bonds is 4. The normalized spacial score (nSPS) is 13.5. The van der Waals surface area contributed by atoms with Crippen LogP contribution in [0.15, 0.2) is 60.0 Å². The molecule has 1 atom stereocenters. The van der Waals surface area contributed by atoms with Crippen LogP contribution in [0.1, 0.15) is 11.6 Å². The summed E-state index contributed by atoms with van der Waals surface area (Å²) in [5, 5.41) is 11.9. The summed E-state index contributed by atoms with van der Waals surface area (Å²) in [6.45, 7) is 0. The van der Waals surface area contributed by atoms with E-state index in [0.717, 1.165) is 5.56 Å². The molecule has 0 bridgehead atoms. The number of hydrogen-bond donors (Lipinski definition) is 2. The Morgan fingerprint density at radius 2 is 1.82 bits per heavy atom. The highest BCUT2D eigenvalue weighted by molar-refractivity contribution is 5.84. The number of nitrogens with two attached hydrogens (primary N) is 1. The quantitative estimate of drug-likeness (QED) is 0.364. The maximum Gasteiger partial charge on any atom is 0.162 e. The van der Waals surface area contributed by atoms with Crippen LogP contribution in [0.3, 0.4) is 0 Å². The van der Waals surface area contributed by atoms with Crippen molar-refractivity contribution in [3.8, 4) is 0 Å². The van der Waals surface area contributed by atoms with Crippen molar-refractivity contribution >= 4 is 5.84 Å². The minimum atomic E-state index is -0.155. The monoisotopic (exact) mass is 229 g/mol. The van der Waals surface area contributed by atoms with E-state index in [1.165, 1.54) is 0 Å². The van der Waals surface area contributed by atoms with Gasteiger partial charge in [-0.15, -0.1) is 0 Å². The molecule has 0 spiro atoms. The Bertz CT molecular complexity index is 477. The van der Waals surface area contributed by atoms with Gasteiger partial charge in [0.15, 0.2) is 5.84 Å². The number of amidine groups is 1. The fourth-order valence-electron chi connectivity index (χ4n) is 1.82. The van der Waals surface area contributed by atoms with E-state index in [0.29, 0.717) is 6.42 Å². The Morgan fingerprint density at radius 3 is 2.41 bits per heavy atom. The van der Waals surface area contributed by atoms with E-state index >= 15 is 0 Å². The summed E-state index contributed by atoms with van der Waals surface area (Å²) in [6.07, 6.45) is 4.52. The van der Waals surface area contributed by atoms with Gasteiger partial charge in [0.05, 0.1) is 6.04 Å². The van der Waals surface area contributed by atoms with Crippen LogP contribution in [0.4, 0.5) is 0 Å². The molecule has 0 aliphatic carbocycles. The van der Waals surface area contributed by atoms with Gasteiger partial charge in [0.1, 0.15) is 0 Å². The first-order valence-electron chi connectivity index (χ1n) is 5.45. The van der Waals surface area contributed by atoms with Crippen LogP contribution in [-0.2, 0) is 6.42 Å². The molecule has 0 saturated heterocycles. The van der Waals surface area contributed by atoms with Gasteiger partial charge >= 0.3 is 0 Å². The predicted octanol–water partition coefficient (Wildman–Crippen LogP) is 2.02. The zero-order valence-corrected chi connectivity index (χ0v) is 9.40. The van der Waals surface area contributed by atoms with E-state index in [2.05, 4.69) is 5.16 Å². The summed E-state index contributed by atoms with van der Waals surface area (Å²) in [6, 6.07) is 13.7. The Balaban J connectivity index is 2.24. The summed E-state index contributed by atoms with van der Waals surface area (Å²) in [5.74, 6) is 0.213. The molecule has 1 heterocycles. The number of oxime groups is 1. The number of nitrogens with zero attached hydrogens (tertiary/aromatic N) is 2. The summed E-state index contributed by atoms with van der Waals surface area (Å²) >= 11 is 0. The first-order chi connectivity index (χ1) is 8.31. The minimum Gasteiger partial charge on any atom is -0.409 e. The highest BCUT2D eigenvalue weighted by atomic mass is 16.4. The molecule has 3 N–H and O–H groups in total. The molecule has 2 rings (SSSR count). The molecule has 1 aromatic heterocycles. The molecule has 17 heavy (non-hydrogen) atoms. The molecule has 0 amide bonds. The molecule has 0 fully saturated rings. The largest absolute Gasteiger partial charge is 0.409 e. The number of benzene rings is 1. The fourth-order valence-corrected chi connectivity index (χ4v) is 1.82. The summed E-state index contributed by atoms with van der Waals surface area (Å²) in [4.78, 5) is 0. The van der Waals surface area contributed by atoms with Gasteiger partial charge in [-0.3, -0.25) is 0 Å². The van der Waals surface area contributed by atoms with E-state index < -0.39 is 0 Å². The van der Waals surface area contributed by atoms with Crippen LogP contribution in [0.25, 0.3) is 0 Å². The van der Waals surface area contributed by atoms with Crippen molar-refractivity contribution in [2.75, 3.05) is 0 Å². The molecular weight excluding hydrogens is 214 g/mol. The van der Waals surface area contributed by atoms with Crippen molar-refractivity contribution in [3.05, 3.63) is 60.4 Å². The molecule has 2 aromatic rings. The molecule has 0 aliphatic rings. The van der Waals surface area contributed by atoms with E-state index in [9.17, 15) is 0 Å². The second kappa shape index (κ2) is 5.21. The molecule has 0 saturated carbocycles. The molecule has 4 heteroatoms. The second-order valence-corrected chi connectivity index (χ2v) is 3.86. The predicted molar refractivity (Wildman–Crippen MR) is 67.0 cm³/mol. The van der Waals surface area contributed by atoms with Gasteiger partial charge in [0.2, 0.25) is 0 Å². The lowest BCUT2D eigenvalue weighted by Gasteiger charge is -2.17. The summed E-state index contributed by atoms with van der Waals surface area (Å²) < 4.78 is 1.93. The SMILES string of the molecule is NC(=NO)[C@H](Cc1ccccc1)n1cccc1. The van der Waals surface area contributed by atoms with Crippen molar-refractivity contribution < 1.29 is 5.21 Å². The third kappa shape index (κ3) is 2.66. The smallest absolute Gasteiger partial charge is 0.162 e. The average Bonchev–Trinajstić information content (AvgIpc) is 2.90. The average molecular weight is 229 g/mol.